The van der Waals surface area contributed by atoms with Crippen molar-refractivity contribution in [1.82, 2.24) is 9.97 Å². The van der Waals surface area contributed by atoms with E-state index in [0.717, 1.165) is 56.5 Å². The molecule has 0 saturated carbocycles. The van der Waals surface area contributed by atoms with Gasteiger partial charge in [-0.1, -0.05) is 13.8 Å². The Morgan fingerprint density at radius 3 is 2.40 bits per heavy atom. The van der Waals surface area contributed by atoms with Crippen molar-refractivity contribution < 1.29 is 4.39 Å². The van der Waals surface area contributed by atoms with Gasteiger partial charge in [0.1, 0.15) is 23.8 Å². The number of nitrogens with one attached hydrogen (secondary N) is 1. The van der Waals surface area contributed by atoms with Crippen molar-refractivity contribution in [2.75, 3.05) is 47.8 Å². The fraction of sp³-hybridized carbons (Fsp3) is 0.474. The van der Waals surface area contributed by atoms with E-state index in [-0.39, 0.29) is 5.82 Å². The Morgan fingerprint density at radius 2 is 1.72 bits per heavy atom. The lowest BCUT2D eigenvalue weighted by atomic mass is 10.1. The van der Waals surface area contributed by atoms with Gasteiger partial charge in [-0.3, -0.25) is 0 Å². The lowest BCUT2D eigenvalue weighted by Crippen LogP contribution is -2.46. The van der Waals surface area contributed by atoms with Crippen LogP contribution in [0.4, 0.5) is 21.7 Å². The van der Waals surface area contributed by atoms with Gasteiger partial charge in [0.05, 0.1) is 0 Å². The van der Waals surface area contributed by atoms with E-state index in [4.69, 9.17) is 0 Å². The minimum absolute atomic E-state index is 0.194. The lowest BCUT2D eigenvalue weighted by molar-refractivity contribution is 0.606. The quantitative estimate of drug-likeness (QED) is 0.871. The number of benzene rings is 1. The molecule has 1 aromatic carbocycles. The van der Waals surface area contributed by atoms with Gasteiger partial charge in [0, 0.05) is 44.5 Å². The Morgan fingerprint density at radius 1 is 1.04 bits per heavy atom. The Bertz CT molecular complexity index is 666. The molecule has 0 atom stereocenters. The summed E-state index contributed by atoms with van der Waals surface area (Å²) in [7, 11) is 0. The number of nitrogens with zero attached hydrogens (tertiary/aromatic N) is 4. The second-order valence-corrected chi connectivity index (χ2v) is 6.82. The van der Waals surface area contributed by atoms with E-state index in [1.807, 2.05) is 18.2 Å². The predicted molar refractivity (Wildman–Crippen MR) is 101 cm³/mol. The van der Waals surface area contributed by atoms with Crippen LogP contribution in [0, 0.1) is 11.7 Å². The molecule has 2 aromatic rings. The summed E-state index contributed by atoms with van der Waals surface area (Å²) in [5, 5.41) is 3.37. The number of rotatable bonds is 6. The largest absolute Gasteiger partial charge is 0.370 e. The maximum absolute atomic E-state index is 13.1. The fourth-order valence-corrected chi connectivity index (χ4v) is 2.95. The maximum atomic E-state index is 13.1. The third-order valence-corrected chi connectivity index (χ3v) is 4.48. The molecule has 134 valence electrons. The van der Waals surface area contributed by atoms with Crippen LogP contribution in [0.2, 0.25) is 0 Å². The van der Waals surface area contributed by atoms with Crippen LogP contribution in [0.25, 0.3) is 0 Å². The third kappa shape index (κ3) is 4.81. The van der Waals surface area contributed by atoms with E-state index in [0.29, 0.717) is 5.92 Å². The van der Waals surface area contributed by atoms with E-state index in [2.05, 4.69) is 38.9 Å². The van der Waals surface area contributed by atoms with Crippen molar-refractivity contribution in [2.24, 2.45) is 5.92 Å². The van der Waals surface area contributed by atoms with Crippen LogP contribution in [0.15, 0.2) is 36.7 Å². The van der Waals surface area contributed by atoms with Crippen LogP contribution in [0.1, 0.15) is 20.3 Å². The first-order chi connectivity index (χ1) is 12.1. The van der Waals surface area contributed by atoms with Gasteiger partial charge in [-0.25, -0.2) is 14.4 Å². The molecule has 25 heavy (non-hydrogen) atoms. The van der Waals surface area contributed by atoms with Crippen molar-refractivity contribution >= 4 is 17.3 Å². The molecular formula is C19H26FN5. The average Bonchev–Trinajstić information content (AvgIpc) is 2.62. The molecule has 5 nitrogen and oxygen atoms in total. The zero-order valence-corrected chi connectivity index (χ0v) is 15.0. The number of hydrogen-bond donors (Lipinski definition) is 1. The smallest absolute Gasteiger partial charge is 0.134 e. The highest BCUT2D eigenvalue weighted by atomic mass is 19.1. The van der Waals surface area contributed by atoms with E-state index < -0.39 is 0 Å². The monoisotopic (exact) mass is 343 g/mol. The van der Waals surface area contributed by atoms with Crippen molar-refractivity contribution in [2.45, 2.75) is 20.3 Å². The molecule has 1 aliphatic rings. The minimum atomic E-state index is -0.194. The van der Waals surface area contributed by atoms with Gasteiger partial charge in [-0.15, -0.1) is 0 Å². The second kappa shape index (κ2) is 8.14. The number of aromatic nitrogens is 2. The highest BCUT2D eigenvalue weighted by Gasteiger charge is 2.18. The molecule has 0 spiro atoms. The first-order valence-corrected chi connectivity index (χ1v) is 8.93. The summed E-state index contributed by atoms with van der Waals surface area (Å²) in [6.45, 7) is 8.92. The lowest BCUT2D eigenvalue weighted by Gasteiger charge is -2.36. The van der Waals surface area contributed by atoms with Crippen molar-refractivity contribution in [3.8, 4) is 0 Å². The molecule has 0 bridgehead atoms. The maximum Gasteiger partial charge on any atom is 0.134 e. The van der Waals surface area contributed by atoms with Gasteiger partial charge in [0.25, 0.3) is 0 Å². The van der Waals surface area contributed by atoms with Gasteiger partial charge in [-0.05, 0) is 36.6 Å². The SMILES string of the molecule is CC(C)CCNc1cc(N2CCN(c3ccc(F)cc3)CC2)ncn1. The standard InChI is InChI=1S/C19H26FN5/c1-15(2)7-8-21-18-13-19(23-14-22-18)25-11-9-24(10-12-25)17-5-3-16(20)4-6-17/h3-6,13-15H,7-12H2,1-2H3,(H,21,22,23). The van der Waals surface area contributed by atoms with Crippen molar-refractivity contribution in [1.29, 1.82) is 0 Å². The van der Waals surface area contributed by atoms with Crippen LogP contribution in [-0.4, -0.2) is 42.7 Å². The Hall–Kier alpha value is -2.37. The minimum Gasteiger partial charge on any atom is -0.370 e. The summed E-state index contributed by atoms with van der Waals surface area (Å²) in [5.41, 5.74) is 1.07. The molecule has 0 radical (unpaired) electrons. The molecule has 0 amide bonds. The number of piperazine rings is 1. The summed E-state index contributed by atoms with van der Waals surface area (Å²) >= 11 is 0. The third-order valence-electron chi connectivity index (χ3n) is 4.48. The van der Waals surface area contributed by atoms with Crippen LogP contribution in [-0.2, 0) is 0 Å². The molecule has 2 heterocycles. The van der Waals surface area contributed by atoms with Gasteiger partial charge in [0.15, 0.2) is 0 Å². The van der Waals surface area contributed by atoms with Crippen LogP contribution in [0.3, 0.4) is 0 Å². The van der Waals surface area contributed by atoms with E-state index >= 15 is 0 Å². The molecule has 3 rings (SSSR count). The molecule has 1 saturated heterocycles. The summed E-state index contributed by atoms with van der Waals surface area (Å²) in [4.78, 5) is 13.3. The van der Waals surface area contributed by atoms with E-state index in [1.165, 1.54) is 12.1 Å². The number of hydrogen-bond acceptors (Lipinski definition) is 5. The molecule has 1 aliphatic heterocycles. The molecule has 1 aromatic heterocycles. The van der Waals surface area contributed by atoms with E-state index in [1.54, 1.807) is 6.33 Å². The summed E-state index contributed by atoms with van der Waals surface area (Å²) < 4.78 is 13.1. The molecule has 1 N–H and O–H groups in total. The summed E-state index contributed by atoms with van der Waals surface area (Å²) in [6.07, 6.45) is 2.75. The second-order valence-electron chi connectivity index (χ2n) is 6.82. The molecule has 6 heteroatoms. The van der Waals surface area contributed by atoms with Gasteiger partial charge >= 0.3 is 0 Å². The molecule has 0 unspecified atom stereocenters. The zero-order chi connectivity index (χ0) is 17.6. The fourth-order valence-electron chi connectivity index (χ4n) is 2.95. The van der Waals surface area contributed by atoms with Crippen LogP contribution in [0.5, 0.6) is 0 Å². The summed E-state index contributed by atoms with van der Waals surface area (Å²) in [5.74, 6) is 2.32. The number of anilines is 3. The van der Waals surface area contributed by atoms with Crippen molar-refractivity contribution in [3.05, 3.63) is 42.5 Å². The number of halogens is 1. The highest BCUT2D eigenvalue weighted by Crippen LogP contribution is 2.20. The van der Waals surface area contributed by atoms with Gasteiger partial charge in [-0.2, -0.15) is 0 Å². The Kier molecular flexibility index (Phi) is 5.68. The average molecular weight is 343 g/mol. The van der Waals surface area contributed by atoms with Gasteiger partial charge < -0.3 is 15.1 Å². The van der Waals surface area contributed by atoms with E-state index in [9.17, 15) is 4.39 Å². The highest BCUT2D eigenvalue weighted by molar-refractivity contribution is 5.52. The molecular weight excluding hydrogens is 317 g/mol. The van der Waals surface area contributed by atoms with Gasteiger partial charge in [0.2, 0.25) is 0 Å². The predicted octanol–water partition coefficient (Wildman–Crippen LogP) is 3.40. The molecule has 0 aliphatic carbocycles. The van der Waals surface area contributed by atoms with Crippen molar-refractivity contribution in [3.63, 3.8) is 0 Å². The Balaban J connectivity index is 1.56. The van der Waals surface area contributed by atoms with Crippen LogP contribution < -0.4 is 15.1 Å². The Labute approximate surface area is 148 Å². The first kappa shape index (κ1) is 17.5. The topological polar surface area (TPSA) is 44.3 Å². The first-order valence-electron chi connectivity index (χ1n) is 8.93. The molecule has 1 fully saturated rings. The van der Waals surface area contributed by atoms with Crippen LogP contribution >= 0.6 is 0 Å². The zero-order valence-electron chi connectivity index (χ0n) is 15.0. The normalized spacial score (nSPS) is 14.9. The summed E-state index contributed by atoms with van der Waals surface area (Å²) in [6, 6.07) is 8.73.